The number of rotatable bonds is 4. The van der Waals surface area contributed by atoms with Crippen LogP contribution in [-0.2, 0) is 4.74 Å². The summed E-state index contributed by atoms with van der Waals surface area (Å²) in [6.45, 7) is 11.3. The highest BCUT2D eigenvalue weighted by Gasteiger charge is 2.19. The van der Waals surface area contributed by atoms with Crippen molar-refractivity contribution in [2.45, 2.75) is 39.2 Å². The average Bonchev–Trinajstić information content (AvgIpc) is 2.47. The summed E-state index contributed by atoms with van der Waals surface area (Å²) in [7, 11) is 0. The topological polar surface area (TPSA) is 54.1 Å². The Morgan fingerprint density at radius 1 is 1.35 bits per heavy atom. The summed E-state index contributed by atoms with van der Waals surface area (Å²) in [5.41, 5.74) is 6.11. The minimum absolute atomic E-state index is 0.396. The molecule has 0 aliphatic carbocycles. The van der Waals surface area contributed by atoms with Crippen molar-refractivity contribution in [3.05, 3.63) is 0 Å². The fourth-order valence-electron chi connectivity index (χ4n) is 3.03. The van der Waals surface area contributed by atoms with Crippen LogP contribution in [0.2, 0.25) is 0 Å². The lowest BCUT2D eigenvalue weighted by Gasteiger charge is -2.33. The van der Waals surface area contributed by atoms with E-state index >= 15 is 0 Å². The van der Waals surface area contributed by atoms with Crippen molar-refractivity contribution in [1.29, 1.82) is 0 Å². The van der Waals surface area contributed by atoms with Gasteiger partial charge in [0, 0.05) is 32.7 Å². The molecule has 0 aromatic rings. The number of hydrogen-bond donors (Lipinski definition) is 1. The SMILES string of the molecule is CCC1CN(CCN=C(N)N2CCCC(C)C2)CCO1. The van der Waals surface area contributed by atoms with Crippen molar-refractivity contribution in [3.63, 3.8) is 0 Å². The second kappa shape index (κ2) is 7.84. The minimum Gasteiger partial charge on any atom is -0.376 e. The van der Waals surface area contributed by atoms with Gasteiger partial charge in [-0.1, -0.05) is 13.8 Å². The van der Waals surface area contributed by atoms with Crippen molar-refractivity contribution >= 4 is 5.96 Å². The van der Waals surface area contributed by atoms with E-state index in [4.69, 9.17) is 10.5 Å². The Hall–Kier alpha value is -0.810. The zero-order valence-electron chi connectivity index (χ0n) is 13.1. The maximum Gasteiger partial charge on any atom is 0.191 e. The Kier molecular flexibility index (Phi) is 6.10. The second-order valence-electron chi connectivity index (χ2n) is 6.13. The van der Waals surface area contributed by atoms with Crippen molar-refractivity contribution in [2.75, 3.05) is 45.9 Å². The van der Waals surface area contributed by atoms with Gasteiger partial charge in [0.05, 0.1) is 19.3 Å². The molecule has 2 rings (SSSR count). The van der Waals surface area contributed by atoms with Crippen molar-refractivity contribution in [2.24, 2.45) is 16.6 Å². The van der Waals surface area contributed by atoms with Crippen molar-refractivity contribution in [1.82, 2.24) is 9.80 Å². The van der Waals surface area contributed by atoms with Gasteiger partial charge in [-0.3, -0.25) is 9.89 Å². The molecule has 2 unspecified atom stereocenters. The number of morpholine rings is 1. The quantitative estimate of drug-likeness (QED) is 0.621. The first-order valence-corrected chi connectivity index (χ1v) is 8.08. The molecule has 2 fully saturated rings. The van der Waals surface area contributed by atoms with Crippen LogP contribution in [0.25, 0.3) is 0 Å². The molecule has 116 valence electrons. The van der Waals surface area contributed by atoms with Crippen LogP contribution in [0.15, 0.2) is 4.99 Å². The number of aliphatic imine (C=N–C) groups is 1. The molecule has 0 aromatic heterocycles. The summed E-state index contributed by atoms with van der Waals surface area (Å²) < 4.78 is 5.68. The first-order valence-electron chi connectivity index (χ1n) is 8.08. The zero-order chi connectivity index (χ0) is 14.4. The molecule has 5 heteroatoms. The Balaban J connectivity index is 1.72. The van der Waals surface area contributed by atoms with Gasteiger partial charge >= 0.3 is 0 Å². The highest BCUT2D eigenvalue weighted by atomic mass is 16.5. The molecule has 0 radical (unpaired) electrons. The van der Waals surface area contributed by atoms with E-state index in [0.29, 0.717) is 6.10 Å². The van der Waals surface area contributed by atoms with Crippen LogP contribution in [-0.4, -0.2) is 67.7 Å². The van der Waals surface area contributed by atoms with Crippen LogP contribution >= 0.6 is 0 Å². The number of hydrogen-bond acceptors (Lipinski definition) is 3. The molecule has 0 saturated carbocycles. The van der Waals surface area contributed by atoms with E-state index in [9.17, 15) is 0 Å². The van der Waals surface area contributed by atoms with Gasteiger partial charge in [-0.15, -0.1) is 0 Å². The largest absolute Gasteiger partial charge is 0.376 e. The molecule has 0 amide bonds. The van der Waals surface area contributed by atoms with E-state index in [1.54, 1.807) is 0 Å². The van der Waals surface area contributed by atoms with Gasteiger partial charge in [0.15, 0.2) is 5.96 Å². The minimum atomic E-state index is 0.396. The van der Waals surface area contributed by atoms with Crippen molar-refractivity contribution < 1.29 is 4.74 Å². The van der Waals surface area contributed by atoms with E-state index in [1.807, 2.05) is 0 Å². The first kappa shape index (κ1) is 15.6. The number of piperidine rings is 1. The monoisotopic (exact) mass is 282 g/mol. The Bertz CT molecular complexity index is 321. The summed E-state index contributed by atoms with van der Waals surface area (Å²) >= 11 is 0. The Labute approximate surface area is 123 Å². The zero-order valence-corrected chi connectivity index (χ0v) is 13.1. The lowest BCUT2D eigenvalue weighted by atomic mass is 10.0. The van der Waals surface area contributed by atoms with Crippen LogP contribution < -0.4 is 5.73 Å². The van der Waals surface area contributed by atoms with Crippen LogP contribution in [0.3, 0.4) is 0 Å². The molecule has 5 nitrogen and oxygen atoms in total. The Morgan fingerprint density at radius 2 is 2.20 bits per heavy atom. The molecule has 2 heterocycles. The van der Waals surface area contributed by atoms with E-state index in [1.165, 1.54) is 12.8 Å². The Morgan fingerprint density at radius 3 is 2.95 bits per heavy atom. The molecule has 2 N–H and O–H groups in total. The number of ether oxygens (including phenoxy) is 1. The lowest BCUT2D eigenvalue weighted by molar-refractivity contribution is -0.0284. The highest BCUT2D eigenvalue weighted by molar-refractivity contribution is 5.78. The van der Waals surface area contributed by atoms with Gasteiger partial charge in [-0.25, -0.2) is 0 Å². The molecule has 20 heavy (non-hydrogen) atoms. The summed E-state index contributed by atoms with van der Waals surface area (Å²) in [6, 6.07) is 0. The fraction of sp³-hybridized carbons (Fsp3) is 0.933. The number of guanidine groups is 1. The predicted octanol–water partition coefficient (Wildman–Crippen LogP) is 1.14. The summed E-state index contributed by atoms with van der Waals surface area (Å²) in [5, 5.41) is 0. The third-order valence-electron chi connectivity index (χ3n) is 4.35. The van der Waals surface area contributed by atoms with E-state index in [2.05, 4.69) is 28.6 Å². The number of nitrogens with zero attached hydrogens (tertiary/aromatic N) is 3. The maximum atomic E-state index is 6.11. The van der Waals surface area contributed by atoms with E-state index < -0.39 is 0 Å². The third kappa shape index (κ3) is 4.63. The van der Waals surface area contributed by atoms with Crippen LogP contribution in [0.5, 0.6) is 0 Å². The average molecular weight is 282 g/mol. The van der Waals surface area contributed by atoms with Gasteiger partial charge in [-0.05, 0) is 25.2 Å². The van der Waals surface area contributed by atoms with Gasteiger partial charge in [0.1, 0.15) is 0 Å². The second-order valence-corrected chi connectivity index (χ2v) is 6.13. The van der Waals surface area contributed by atoms with Crippen LogP contribution in [0.4, 0.5) is 0 Å². The molecule has 0 aromatic carbocycles. The molecular formula is C15H30N4O. The summed E-state index contributed by atoms with van der Waals surface area (Å²) in [4.78, 5) is 9.24. The fourth-order valence-corrected chi connectivity index (χ4v) is 3.03. The molecule has 0 spiro atoms. The number of nitrogens with two attached hydrogens (primary N) is 1. The lowest BCUT2D eigenvalue weighted by Crippen LogP contribution is -2.45. The van der Waals surface area contributed by atoms with Gasteiger partial charge < -0.3 is 15.4 Å². The molecule has 2 atom stereocenters. The van der Waals surface area contributed by atoms with E-state index in [-0.39, 0.29) is 0 Å². The van der Waals surface area contributed by atoms with Crippen molar-refractivity contribution in [3.8, 4) is 0 Å². The van der Waals surface area contributed by atoms with Gasteiger partial charge in [0.2, 0.25) is 0 Å². The van der Waals surface area contributed by atoms with Gasteiger partial charge in [0.25, 0.3) is 0 Å². The first-order chi connectivity index (χ1) is 9.69. The third-order valence-corrected chi connectivity index (χ3v) is 4.35. The normalized spacial score (nSPS) is 29.7. The predicted molar refractivity (Wildman–Crippen MR) is 82.9 cm³/mol. The highest BCUT2D eigenvalue weighted by Crippen LogP contribution is 2.14. The van der Waals surface area contributed by atoms with Crippen LogP contribution in [0.1, 0.15) is 33.1 Å². The standard InChI is InChI=1S/C15H30N4O/c1-3-14-12-18(9-10-20-14)8-6-17-15(16)19-7-4-5-13(2)11-19/h13-14H,3-12H2,1-2H3,(H2,16,17). The summed E-state index contributed by atoms with van der Waals surface area (Å²) in [5.74, 6) is 1.47. The van der Waals surface area contributed by atoms with E-state index in [0.717, 1.165) is 64.2 Å². The summed E-state index contributed by atoms with van der Waals surface area (Å²) in [6.07, 6.45) is 4.04. The number of likely N-dealkylation sites (tertiary alicyclic amines) is 1. The molecular weight excluding hydrogens is 252 g/mol. The maximum absolute atomic E-state index is 6.11. The molecule has 2 aliphatic heterocycles. The van der Waals surface area contributed by atoms with Crippen LogP contribution in [0, 0.1) is 5.92 Å². The van der Waals surface area contributed by atoms with Gasteiger partial charge in [-0.2, -0.15) is 0 Å². The molecule has 2 saturated heterocycles. The molecule has 0 bridgehead atoms. The molecule has 2 aliphatic rings. The smallest absolute Gasteiger partial charge is 0.191 e.